The van der Waals surface area contributed by atoms with Crippen molar-refractivity contribution in [1.82, 2.24) is 5.32 Å². The van der Waals surface area contributed by atoms with Gasteiger partial charge in [0.15, 0.2) is 0 Å². The Balaban J connectivity index is 2.40. The van der Waals surface area contributed by atoms with Crippen LogP contribution in [0.3, 0.4) is 0 Å². The number of halogens is 2. The maximum Gasteiger partial charge on any atom is 0.253 e. The van der Waals surface area contributed by atoms with Crippen LogP contribution in [-0.4, -0.2) is 19.9 Å². The molecule has 0 radical (unpaired) electrons. The van der Waals surface area contributed by atoms with Crippen molar-refractivity contribution in [3.05, 3.63) is 27.7 Å². The van der Waals surface area contributed by atoms with Gasteiger partial charge in [0, 0.05) is 10.6 Å². The Hall–Kier alpha value is -0.820. The number of carbonyl (C=O) groups is 1. The van der Waals surface area contributed by atoms with E-state index in [2.05, 4.69) is 5.32 Å². The predicted molar refractivity (Wildman–Crippen MR) is 82.2 cm³/mol. The van der Waals surface area contributed by atoms with Crippen LogP contribution in [0.4, 0.5) is 0 Å². The van der Waals surface area contributed by atoms with Crippen LogP contribution in [0, 0.1) is 0 Å². The molecule has 1 saturated carbocycles. The summed E-state index contributed by atoms with van der Waals surface area (Å²) in [4.78, 5) is 12.0. The molecule has 116 valence electrons. The van der Waals surface area contributed by atoms with Crippen LogP contribution >= 0.6 is 23.2 Å². The highest BCUT2D eigenvalue weighted by Crippen LogP contribution is 2.32. The molecule has 0 heterocycles. The summed E-state index contributed by atoms with van der Waals surface area (Å²) in [7, 11) is -4.05. The van der Waals surface area contributed by atoms with Gasteiger partial charge in [-0.3, -0.25) is 4.79 Å². The van der Waals surface area contributed by atoms with E-state index in [9.17, 15) is 13.2 Å². The van der Waals surface area contributed by atoms with E-state index in [1.54, 1.807) is 0 Å². The van der Waals surface area contributed by atoms with Gasteiger partial charge in [-0.25, -0.2) is 13.6 Å². The first kappa shape index (κ1) is 16.5. The van der Waals surface area contributed by atoms with Gasteiger partial charge < -0.3 is 5.32 Å². The van der Waals surface area contributed by atoms with Gasteiger partial charge in [-0.15, -0.1) is 0 Å². The second kappa shape index (κ2) is 5.76. The normalized spacial score (nSPS) is 17.7. The molecule has 1 fully saturated rings. The number of benzene rings is 1. The van der Waals surface area contributed by atoms with E-state index in [1.165, 1.54) is 6.07 Å². The summed E-state index contributed by atoms with van der Waals surface area (Å²) in [5.41, 5.74) is -0.286. The molecule has 2 rings (SSSR count). The molecule has 8 heteroatoms. The molecule has 1 amide bonds. The van der Waals surface area contributed by atoms with Crippen LogP contribution in [0.15, 0.2) is 17.0 Å². The lowest BCUT2D eigenvalue weighted by Crippen LogP contribution is -2.43. The van der Waals surface area contributed by atoms with E-state index in [0.717, 1.165) is 31.7 Å². The number of primary sulfonamides is 1. The number of hydrogen-bond donors (Lipinski definition) is 2. The highest BCUT2D eigenvalue weighted by molar-refractivity contribution is 7.89. The van der Waals surface area contributed by atoms with Crippen molar-refractivity contribution >= 4 is 39.1 Å². The van der Waals surface area contributed by atoms with Crippen LogP contribution in [0.5, 0.6) is 0 Å². The van der Waals surface area contributed by atoms with Gasteiger partial charge in [-0.1, -0.05) is 36.0 Å². The van der Waals surface area contributed by atoms with Crippen molar-refractivity contribution in [2.75, 3.05) is 0 Å². The maximum atomic E-state index is 12.4. The molecule has 1 aromatic rings. The first-order valence-electron chi connectivity index (χ1n) is 6.47. The summed E-state index contributed by atoms with van der Waals surface area (Å²) in [6, 6.07) is 2.47. The number of nitrogens with one attached hydrogen (secondary N) is 1. The Kier molecular flexibility index (Phi) is 4.54. The standard InChI is InChI=1S/C13H16Cl2N2O3S/c1-13(4-2-3-5-13)17-12(18)9-6-8(14)7-10(11(9)15)21(16,19)20/h6-7H,2-5H2,1H3,(H,17,18)(H2,16,19,20). The van der Waals surface area contributed by atoms with E-state index in [0.29, 0.717) is 0 Å². The van der Waals surface area contributed by atoms with E-state index in [4.69, 9.17) is 28.3 Å². The minimum Gasteiger partial charge on any atom is -0.347 e. The molecular weight excluding hydrogens is 335 g/mol. The number of carbonyl (C=O) groups excluding carboxylic acids is 1. The monoisotopic (exact) mass is 350 g/mol. The Labute approximate surface area is 133 Å². The summed E-state index contributed by atoms with van der Waals surface area (Å²) < 4.78 is 23.0. The zero-order chi connectivity index (χ0) is 15.8. The molecule has 5 nitrogen and oxygen atoms in total. The van der Waals surface area contributed by atoms with E-state index < -0.39 is 15.9 Å². The molecule has 21 heavy (non-hydrogen) atoms. The second-order valence-corrected chi connectivity index (χ2v) is 7.88. The van der Waals surface area contributed by atoms with Gasteiger partial charge in [0.05, 0.1) is 10.6 Å². The first-order chi connectivity index (χ1) is 9.62. The predicted octanol–water partition coefficient (Wildman–Crippen LogP) is 2.70. The van der Waals surface area contributed by atoms with Crippen LogP contribution in [-0.2, 0) is 10.0 Å². The molecule has 1 aliphatic carbocycles. The fourth-order valence-corrected chi connectivity index (χ4v) is 4.01. The van der Waals surface area contributed by atoms with Crippen LogP contribution in [0.1, 0.15) is 43.0 Å². The third kappa shape index (κ3) is 3.69. The van der Waals surface area contributed by atoms with Gasteiger partial charge in [-0.05, 0) is 31.9 Å². The molecule has 0 bridgehead atoms. The number of nitrogens with two attached hydrogens (primary N) is 1. The molecule has 0 aromatic heterocycles. The third-order valence-electron chi connectivity index (χ3n) is 3.68. The van der Waals surface area contributed by atoms with Crippen LogP contribution in [0.2, 0.25) is 10.0 Å². The number of rotatable bonds is 3. The summed E-state index contributed by atoms with van der Waals surface area (Å²) in [5.74, 6) is -0.447. The minimum absolute atomic E-state index is 0.0151. The van der Waals surface area contributed by atoms with Crippen molar-refractivity contribution < 1.29 is 13.2 Å². The van der Waals surface area contributed by atoms with Gasteiger partial charge >= 0.3 is 0 Å². The smallest absolute Gasteiger partial charge is 0.253 e. The first-order valence-corrected chi connectivity index (χ1v) is 8.77. The molecule has 0 saturated heterocycles. The molecule has 0 atom stereocenters. The van der Waals surface area contributed by atoms with Crippen molar-refractivity contribution in [3.63, 3.8) is 0 Å². The Morgan fingerprint density at radius 2 is 1.86 bits per heavy atom. The van der Waals surface area contributed by atoms with Crippen LogP contribution in [0.25, 0.3) is 0 Å². The van der Waals surface area contributed by atoms with Crippen molar-refractivity contribution in [1.29, 1.82) is 0 Å². The molecule has 0 unspecified atom stereocenters. The molecule has 3 N–H and O–H groups in total. The van der Waals surface area contributed by atoms with E-state index in [-0.39, 0.29) is 26.0 Å². The number of amides is 1. The summed E-state index contributed by atoms with van der Waals surface area (Å²) in [6.07, 6.45) is 3.84. The van der Waals surface area contributed by atoms with Crippen molar-refractivity contribution in [2.24, 2.45) is 5.14 Å². The lowest BCUT2D eigenvalue weighted by molar-refractivity contribution is 0.0908. The lowest BCUT2D eigenvalue weighted by atomic mass is 10.00. The largest absolute Gasteiger partial charge is 0.347 e. The SMILES string of the molecule is CC1(NC(=O)c2cc(Cl)cc(S(N)(=O)=O)c2Cl)CCCC1. The number of sulfonamides is 1. The molecule has 0 spiro atoms. The maximum absolute atomic E-state index is 12.4. The number of hydrogen-bond acceptors (Lipinski definition) is 3. The zero-order valence-corrected chi connectivity index (χ0v) is 13.8. The van der Waals surface area contributed by atoms with Gasteiger partial charge in [-0.2, -0.15) is 0 Å². The fraction of sp³-hybridized carbons (Fsp3) is 0.462. The van der Waals surface area contributed by atoms with E-state index in [1.807, 2.05) is 6.92 Å². The molecule has 1 aromatic carbocycles. The lowest BCUT2D eigenvalue weighted by Gasteiger charge is -2.25. The summed E-state index contributed by atoms with van der Waals surface area (Å²) in [6.45, 7) is 1.96. The van der Waals surface area contributed by atoms with Gasteiger partial charge in [0.25, 0.3) is 5.91 Å². The second-order valence-electron chi connectivity index (χ2n) is 5.53. The summed E-state index contributed by atoms with van der Waals surface area (Å²) >= 11 is 11.9. The van der Waals surface area contributed by atoms with E-state index >= 15 is 0 Å². The summed E-state index contributed by atoms with van der Waals surface area (Å²) in [5, 5.41) is 7.86. The fourth-order valence-electron chi connectivity index (χ4n) is 2.56. The molecule has 0 aliphatic heterocycles. The third-order valence-corrected chi connectivity index (χ3v) is 5.35. The Bertz CT molecular complexity index is 683. The highest BCUT2D eigenvalue weighted by Gasteiger charge is 2.31. The van der Waals surface area contributed by atoms with Gasteiger partial charge in [0.1, 0.15) is 4.90 Å². The van der Waals surface area contributed by atoms with Crippen molar-refractivity contribution in [3.8, 4) is 0 Å². The van der Waals surface area contributed by atoms with Crippen LogP contribution < -0.4 is 10.5 Å². The Morgan fingerprint density at radius 1 is 1.29 bits per heavy atom. The molecular formula is C13H16Cl2N2O3S. The minimum atomic E-state index is -4.05. The molecule has 1 aliphatic rings. The zero-order valence-electron chi connectivity index (χ0n) is 11.4. The quantitative estimate of drug-likeness (QED) is 0.877. The average Bonchev–Trinajstić information content (AvgIpc) is 2.76. The van der Waals surface area contributed by atoms with Crippen molar-refractivity contribution in [2.45, 2.75) is 43.0 Å². The Morgan fingerprint density at radius 3 is 2.38 bits per heavy atom. The average molecular weight is 351 g/mol. The highest BCUT2D eigenvalue weighted by atomic mass is 35.5. The van der Waals surface area contributed by atoms with Gasteiger partial charge in [0.2, 0.25) is 10.0 Å². The topological polar surface area (TPSA) is 89.3 Å².